The van der Waals surface area contributed by atoms with Crippen LogP contribution in [0.15, 0.2) is 65.7 Å². The summed E-state index contributed by atoms with van der Waals surface area (Å²) in [4.78, 5) is 13.2. The molecule has 0 saturated heterocycles. The van der Waals surface area contributed by atoms with Crippen LogP contribution in [0.2, 0.25) is 0 Å². The Bertz CT molecular complexity index is 780. The number of nitrogens with zero attached hydrogens (tertiary/aromatic N) is 1. The second-order valence-corrected chi connectivity index (χ2v) is 7.53. The summed E-state index contributed by atoms with van der Waals surface area (Å²) in [6.07, 6.45) is 1.54. The van der Waals surface area contributed by atoms with Crippen LogP contribution in [0.1, 0.15) is 36.9 Å². The van der Waals surface area contributed by atoms with Crippen molar-refractivity contribution in [3.05, 3.63) is 82.6 Å². The molecule has 0 aliphatic rings. The van der Waals surface area contributed by atoms with Gasteiger partial charge >= 0.3 is 6.09 Å². The van der Waals surface area contributed by atoms with Crippen LogP contribution in [0.3, 0.4) is 0 Å². The smallest absolute Gasteiger partial charge is 0.407 e. The van der Waals surface area contributed by atoms with Crippen molar-refractivity contribution in [2.24, 2.45) is 5.73 Å². The zero-order valence-corrected chi connectivity index (χ0v) is 16.8. The highest BCUT2D eigenvalue weighted by Gasteiger charge is 2.29. The Morgan fingerprint density at radius 2 is 1.89 bits per heavy atom. The molecule has 0 unspecified atom stereocenters. The molecular weight excluding hydrogens is 411 g/mol. The predicted octanol–water partition coefficient (Wildman–Crippen LogP) is 5.45. The third kappa shape index (κ3) is 5.40. The summed E-state index contributed by atoms with van der Waals surface area (Å²) in [7, 11) is 0. The highest BCUT2D eigenvalue weighted by atomic mass is 79.9. The molecule has 3 N–H and O–H groups in total. The van der Waals surface area contributed by atoms with Gasteiger partial charge in [-0.3, -0.25) is 0 Å². The molecule has 0 saturated carbocycles. The van der Waals surface area contributed by atoms with Gasteiger partial charge in [-0.2, -0.15) is 0 Å². The van der Waals surface area contributed by atoms with Gasteiger partial charge in [0.2, 0.25) is 0 Å². The Morgan fingerprint density at radius 1 is 1.30 bits per heavy atom. The van der Waals surface area contributed by atoms with Crippen molar-refractivity contribution < 1.29 is 14.3 Å². The fourth-order valence-electron chi connectivity index (χ4n) is 3.10. The second kappa shape index (κ2) is 9.15. The van der Waals surface area contributed by atoms with Crippen LogP contribution in [0.5, 0.6) is 0 Å². The average molecular weight is 435 g/mol. The summed E-state index contributed by atoms with van der Waals surface area (Å²) >= 11 is 3.38. The lowest BCUT2D eigenvalue weighted by molar-refractivity contribution is 0.122. The van der Waals surface area contributed by atoms with E-state index in [1.807, 2.05) is 31.2 Å². The maximum Gasteiger partial charge on any atom is 0.407 e. The third-order valence-corrected chi connectivity index (χ3v) is 5.32. The largest absolute Gasteiger partial charge is 0.465 e. The molecule has 27 heavy (non-hydrogen) atoms. The van der Waals surface area contributed by atoms with E-state index in [0.29, 0.717) is 12.8 Å². The molecular formula is C21H24BrFN2O2. The molecule has 2 atom stereocenters. The molecule has 0 aliphatic carbocycles. The maximum atomic E-state index is 13.3. The van der Waals surface area contributed by atoms with Crippen molar-refractivity contribution >= 4 is 22.0 Å². The quantitative estimate of drug-likeness (QED) is 0.542. The minimum absolute atomic E-state index is 0.244. The summed E-state index contributed by atoms with van der Waals surface area (Å²) < 4.78 is 14.2. The van der Waals surface area contributed by atoms with Gasteiger partial charge in [0, 0.05) is 16.6 Å². The number of hydrogen-bond acceptors (Lipinski definition) is 2. The molecule has 6 heteroatoms. The van der Waals surface area contributed by atoms with Crippen molar-refractivity contribution in [3.63, 3.8) is 0 Å². The number of carboxylic acid groups (broad SMARTS) is 1. The first-order valence-electron chi connectivity index (χ1n) is 8.67. The highest BCUT2D eigenvalue weighted by Crippen LogP contribution is 2.29. The van der Waals surface area contributed by atoms with E-state index in [4.69, 9.17) is 5.73 Å². The number of carbonyl (C=O) groups is 1. The Balaban J connectivity index is 2.21. The first kappa shape index (κ1) is 21.1. The summed E-state index contributed by atoms with van der Waals surface area (Å²) in [6.45, 7) is 5.85. The topological polar surface area (TPSA) is 66.6 Å². The second-order valence-electron chi connectivity index (χ2n) is 6.61. The lowest BCUT2D eigenvalue weighted by atomic mass is 9.84. The van der Waals surface area contributed by atoms with Crippen molar-refractivity contribution in [1.29, 1.82) is 0 Å². The molecule has 2 rings (SSSR count). The molecule has 0 heterocycles. The van der Waals surface area contributed by atoms with Crippen molar-refractivity contribution in [2.45, 2.75) is 31.3 Å². The van der Waals surface area contributed by atoms with E-state index in [9.17, 15) is 14.3 Å². The monoisotopic (exact) mass is 434 g/mol. The van der Waals surface area contributed by atoms with Crippen LogP contribution in [-0.2, 0) is 5.54 Å². The summed E-state index contributed by atoms with van der Waals surface area (Å²) in [5.74, 6) is -0.337. The first-order valence-corrected chi connectivity index (χ1v) is 9.47. The number of rotatable bonds is 8. The third-order valence-electron chi connectivity index (χ3n) is 4.79. The van der Waals surface area contributed by atoms with Crippen LogP contribution in [0.4, 0.5) is 9.18 Å². The van der Waals surface area contributed by atoms with E-state index in [-0.39, 0.29) is 18.4 Å². The van der Waals surface area contributed by atoms with Crippen LogP contribution < -0.4 is 5.73 Å². The Hall–Kier alpha value is -2.18. The van der Waals surface area contributed by atoms with Gasteiger partial charge in [0.05, 0.1) is 6.04 Å². The summed E-state index contributed by atoms with van der Waals surface area (Å²) in [6, 6.07) is 13.2. The van der Waals surface area contributed by atoms with E-state index in [1.54, 1.807) is 18.2 Å². The number of amides is 1. The maximum absolute atomic E-state index is 13.3. The van der Waals surface area contributed by atoms with Gasteiger partial charge in [-0.25, -0.2) is 9.18 Å². The molecule has 0 bridgehead atoms. The van der Waals surface area contributed by atoms with Gasteiger partial charge < -0.3 is 15.7 Å². The molecule has 2 aromatic carbocycles. The molecule has 0 radical (unpaired) electrons. The van der Waals surface area contributed by atoms with E-state index in [2.05, 4.69) is 22.5 Å². The predicted molar refractivity (Wildman–Crippen MR) is 109 cm³/mol. The van der Waals surface area contributed by atoms with Crippen molar-refractivity contribution in [3.8, 4) is 0 Å². The van der Waals surface area contributed by atoms with Crippen LogP contribution in [0.25, 0.3) is 0 Å². The summed E-state index contributed by atoms with van der Waals surface area (Å²) in [5, 5.41) is 9.70. The molecule has 0 aromatic heterocycles. The number of halogens is 2. The molecule has 144 valence electrons. The van der Waals surface area contributed by atoms with Crippen LogP contribution in [0, 0.1) is 5.82 Å². The zero-order valence-electron chi connectivity index (χ0n) is 15.2. The molecule has 0 fully saturated rings. The lowest BCUT2D eigenvalue weighted by Gasteiger charge is -2.34. The molecule has 4 nitrogen and oxygen atoms in total. The number of hydrogen-bond donors (Lipinski definition) is 2. The Kier molecular flexibility index (Phi) is 7.16. The van der Waals surface area contributed by atoms with Gasteiger partial charge in [0.25, 0.3) is 0 Å². The van der Waals surface area contributed by atoms with Gasteiger partial charge in [-0.05, 0) is 55.2 Å². The van der Waals surface area contributed by atoms with Crippen LogP contribution in [-0.4, -0.2) is 22.6 Å². The van der Waals surface area contributed by atoms with Crippen molar-refractivity contribution in [1.82, 2.24) is 4.90 Å². The zero-order chi connectivity index (χ0) is 20.0. The normalized spacial score (nSPS) is 14.2. The first-order chi connectivity index (χ1) is 12.8. The fraction of sp³-hybridized carbons (Fsp3) is 0.286. The minimum atomic E-state index is -1.01. The number of benzene rings is 2. The van der Waals surface area contributed by atoms with Crippen molar-refractivity contribution in [2.75, 3.05) is 6.54 Å². The van der Waals surface area contributed by atoms with Gasteiger partial charge in [-0.1, -0.05) is 46.3 Å². The van der Waals surface area contributed by atoms with E-state index < -0.39 is 11.6 Å². The fourth-order valence-corrected chi connectivity index (χ4v) is 3.36. The average Bonchev–Trinajstić information content (AvgIpc) is 2.62. The summed E-state index contributed by atoms with van der Waals surface area (Å²) in [5.41, 5.74) is 7.40. The van der Waals surface area contributed by atoms with E-state index in [1.165, 1.54) is 17.0 Å². The molecule has 0 aliphatic heterocycles. The van der Waals surface area contributed by atoms with E-state index >= 15 is 0 Å². The van der Waals surface area contributed by atoms with Gasteiger partial charge in [0.1, 0.15) is 5.82 Å². The standard InChI is InChI=1S/C21H24BrFN2O2/c1-3-12-21(24,17-6-10-19(23)11-7-17)13-14-25(20(26)27)15(2)16-4-8-18(22)9-5-16/h3-11,15H,1,12-14,24H2,2H3,(H,26,27)/t15-,21-/m0/s1. The Labute approximate surface area is 167 Å². The highest BCUT2D eigenvalue weighted by molar-refractivity contribution is 9.10. The van der Waals surface area contributed by atoms with Gasteiger partial charge in [-0.15, -0.1) is 6.58 Å². The molecule has 1 amide bonds. The van der Waals surface area contributed by atoms with E-state index in [0.717, 1.165) is 15.6 Å². The lowest BCUT2D eigenvalue weighted by Crippen LogP contribution is -2.42. The van der Waals surface area contributed by atoms with Gasteiger partial charge in [0.15, 0.2) is 0 Å². The SMILES string of the molecule is C=CC[C@](N)(CCN(C(=O)O)[C@@H](C)c1ccc(Br)cc1)c1ccc(F)cc1. The molecule has 0 spiro atoms. The minimum Gasteiger partial charge on any atom is -0.465 e. The van der Waals surface area contributed by atoms with Crippen LogP contribution >= 0.6 is 15.9 Å². The Morgan fingerprint density at radius 3 is 2.41 bits per heavy atom. The molecule has 2 aromatic rings. The number of nitrogens with two attached hydrogens (primary N) is 1.